The second-order valence-corrected chi connectivity index (χ2v) is 4.60. The van der Waals surface area contributed by atoms with Gasteiger partial charge in [-0.3, -0.25) is 14.3 Å². The molecule has 0 fully saturated rings. The summed E-state index contributed by atoms with van der Waals surface area (Å²) in [4.78, 5) is 25.0. The third-order valence-electron chi connectivity index (χ3n) is 2.86. The Kier molecular flexibility index (Phi) is 3.33. The van der Waals surface area contributed by atoms with Crippen molar-refractivity contribution in [3.8, 4) is 0 Å². The van der Waals surface area contributed by atoms with Crippen molar-refractivity contribution in [2.24, 2.45) is 7.05 Å². The van der Waals surface area contributed by atoms with Crippen molar-refractivity contribution in [3.05, 3.63) is 20.8 Å². The number of anilines is 2. The van der Waals surface area contributed by atoms with Crippen LogP contribution in [0.2, 0.25) is 0 Å². The normalized spacial score (nSPS) is 13.5. The van der Waals surface area contributed by atoms with E-state index in [0.29, 0.717) is 0 Å². The van der Waals surface area contributed by atoms with Gasteiger partial charge in [-0.2, -0.15) is 0 Å². The van der Waals surface area contributed by atoms with E-state index in [4.69, 9.17) is 5.73 Å². The van der Waals surface area contributed by atoms with Crippen LogP contribution in [0.4, 0.5) is 11.5 Å². The topological polar surface area (TPSA) is 113 Å². The molecule has 0 radical (unpaired) electrons. The predicted octanol–water partition coefficient (Wildman–Crippen LogP) is -0.773. The summed E-state index contributed by atoms with van der Waals surface area (Å²) < 4.78 is 1.13. The van der Waals surface area contributed by atoms with E-state index < -0.39 is 22.9 Å². The van der Waals surface area contributed by atoms with E-state index >= 15 is 0 Å². The van der Waals surface area contributed by atoms with Gasteiger partial charge in [0.25, 0.3) is 5.56 Å². The fraction of sp³-hybridized carbons (Fsp3) is 0.600. The smallest absolute Gasteiger partial charge is 0.329 e. The van der Waals surface area contributed by atoms with Gasteiger partial charge in [0.15, 0.2) is 0 Å². The molecular weight excluding hydrogens is 224 g/mol. The molecular formula is C10H18N4O3. The molecule has 7 heteroatoms. The average molecular weight is 242 g/mol. The second-order valence-electron chi connectivity index (χ2n) is 4.60. The number of nitrogens with one attached hydrogen (secondary N) is 2. The van der Waals surface area contributed by atoms with Crippen LogP contribution in [0.25, 0.3) is 0 Å². The number of hydrogen-bond acceptors (Lipinski definition) is 5. The molecule has 0 saturated carbocycles. The van der Waals surface area contributed by atoms with E-state index in [0.717, 1.165) is 4.57 Å². The van der Waals surface area contributed by atoms with E-state index in [1.807, 2.05) is 0 Å². The Balaban J connectivity index is 3.30. The highest BCUT2D eigenvalue weighted by molar-refractivity contribution is 5.61. The summed E-state index contributed by atoms with van der Waals surface area (Å²) in [5.41, 5.74) is 3.86. The van der Waals surface area contributed by atoms with Gasteiger partial charge in [0.05, 0.1) is 11.6 Å². The molecule has 17 heavy (non-hydrogen) atoms. The number of nitrogens with zero attached hydrogens (tertiary/aromatic N) is 1. The highest BCUT2D eigenvalue weighted by atomic mass is 16.3. The number of H-pyrrole nitrogens is 1. The fourth-order valence-corrected chi connectivity index (χ4v) is 1.18. The number of nitrogen functional groups attached to an aromatic ring is 1. The molecule has 96 valence electrons. The summed E-state index contributed by atoms with van der Waals surface area (Å²) in [6.45, 7) is 5.04. The minimum absolute atomic E-state index is 0.0347. The Labute approximate surface area is 98.3 Å². The van der Waals surface area contributed by atoms with Gasteiger partial charge in [0.2, 0.25) is 0 Å². The third-order valence-corrected chi connectivity index (χ3v) is 2.86. The number of aromatic amines is 1. The number of aromatic nitrogens is 2. The maximum Gasteiger partial charge on any atom is 0.329 e. The largest absolute Gasteiger partial charge is 0.391 e. The molecule has 1 unspecified atom stereocenters. The van der Waals surface area contributed by atoms with Crippen LogP contribution < -0.4 is 22.3 Å². The molecule has 7 nitrogen and oxygen atoms in total. The lowest BCUT2D eigenvalue weighted by atomic mass is 9.98. The Bertz CT molecular complexity index is 527. The van der Waals surface area contributed by atoms with Gasteiger partial charge in [-0.15, -0.1) is 0 Å². The molecule has 0 aliphatic carbocycles. The lowest BCUT2D eigenvalue weighted by Crippen LogP contribution is -2.45. The quantitative estimate of drug-likeness (QED) is 0.555. The van der Waals surface area contributed by atoms with Crippen LogP contribution in [0.3, 0.4) is 0 Å². The van der Waals surface area contributed by atoms with Gasteiger partial charge in [-0.05, 0) is 20.8 Å². The first-order chi connectivity index (χ1) is 7.66. The molecule has 0 aliphatic heterocycles. The predicted molar refractivity (Wildman–Crippen MR) is 66.1 cm³/mol. The van der Waals surface area contributed by atoms with Gasteiger partial charge in [-0.25, -0.2) is 4.79 Å². The molecule has 1 atom stereocenters. The van der Waals surface area contributed by atoms with E-state index in [2.05, 4.69) is 10.3 Å². The van der Waals surface area contributed by atoms with E-state index in [1.165, 1.54) is 7.05 Å². The summed E-state index contributed by atoms with van der Waals surface area (Å²) in [5.74, 6) is 0.0347. The van der Waals surface area contributed by atoms with E-state index in [9.17, 15) is 14.7 Å². The number of nitrogens with two attached hydrogens (primary N) is 1. The molecule has 5 N–H and O–H groups in total. The van der Waals surface area contributed by atoms with Crippen LogP contribution in [0, 0.1) is 0 Å². The van der Waals surface area contributed by atoms with Crippen molar-refractivity contribution < 1.29 is 5.11 Å². The Morgan fingerprint density at radius 1 is 1.47 bits per heavy atom. The van der Waals surface area contributed by atoms with Gasteiger partial charge in [0, 0.05) is 7.05 Å². The molecule has 0 aromatic carbocycles. The summed E-state index contributed by atoms with van der Waals surface area (Å²) >= 11 is 0. The number of hydrogen-bond donors (Lipinski definition) is 4. The van der Waals surface area contributed by atoms with Crippen LogP contribution in [-0.2, 0) is 7.05 Å². The zero-order chi connectivity index (χ0) is 13.4. The molecule has 0 bridgehead atoms. The average Bonchev–Trinajstić information content (AvgIpc) is 2.21. The van der Waals surface area contributed by atoms with Crippen LogP contribution in [-0.4, -0.2) is 26.3 Å². The van der Waals surface area contributed by atoms with Crippen molar-refractivity contribution in [1.29, 1.82) is 0 Å². The maximum absolute atomic E-state index is 11.6. The Hall–Kier alpha value is -1.76. The molecule has 1 rings (SSSR count). The van der Waals surface area contributed by atoms with Crippen LogP contribution in [0.5, 0.6) is 0 Å². The molecule has 1 aromatic rings. The second kappa shape index (κ2) is 4.25. The van der Waals surface area contributed by atoms with Crippen molar-refractivity contribution >= 4 is 11.5 Å². The summed E-state index contributed by atoms with van der Waals surface area (Å²) in [7, 11) is 1.45. The Morgan fingerprint density at radius 3 is 2.47 bits per heavy atom. The molecule has 0 aliphatic rings. The number of aliphatic hydroxyl groups excluding tert-OH is 1. The number of aliphatic hydroxyl groups is 1. The zero-order valence-corrected chi connectivity index (χ0v) is 10.4. The minimum Gasteiger partial charge on any atom is -0.391 e. The highest BCUT2D eigenvalue weighted by Gasteiger charge is 2.26. The van der Waals surface area contributed by atoms with Crippen molar-refractivity contribution in [2.75, 3.05) is 11.1 Å². The Morgan fingerprint density at radius 2 is 2.00 bits per heavy atom. The monoisotopic (exact) mass is 242 g/mol. The molecule has 0 spiro atoms. The van der Waals surface area contributed by atoms with Crippen LogP contribution >= 0.6 is 0 Å². The first-order valence-corrected chi connectivity index (χ1v) is 5.22. The van der Waals surface area contributed by atoms with Crippen LogP contribution in [0.15, 0.2) is 9.59 Å². The van der Waals surface area contributed by atoms with Gasteiger partial charge in [0.1, 0.15) is 11.5 Å². The molecule has 1 heterocycles. The molecule has 0 saturated heterocycles. The summed E-state index contributed by atoms with van der Waals surface area (Å²) in [6, 6.07) is 0. The van der Waals surface area contributed by atoms with Crippen LogP contribution in [0.1, 0.15) is 20.8 Å². The zero-order valence-electron chi connectivity index (χ0n) is 10.4. The van der Waals surface area contributed by atoms with Gasteiger partial charge < -0.3 is 16.2 Å². The summed E-state index contributed by atoms with van der Waals surface area (Å²) in [5, 5.41) is 12.4. The third kappa shape index (κ3) is 2.50. The highest BCUT2D eigenvalue weighted by Crippen LogP contribution is 2.18. The van der Waals surface area contributed by atoms with Gasteiger partial charge in [-0.1, -0.05) is 0 Å². The summed E-state index contributed by atoms with van der Waals surface area (Å²) in [6.07, 6.45) is -0.696. The van der Waals surface area contributed by atoms with E-state index in [1.54, 1.807) is 20.8 Å². The lowest BCUT2D eigenvalue weighted by molar-refractivity contribution is 0.133. The molecule has 1 aromatic heterocycles. The molecule has 0 amide bonds. The maximum atomic E-state index is 11.6. The van der Waals surface area contributed by atoms with E-state index in [-0.39, 0.29) is 11.5 Å². The number of rotatable bonds is 3. The van der Waals surface area contributed by atoms with Crippen molar-refractivity contribution in [2.45, 2.75) is 32.4 Å². The first-order valence-electron chi connectivity index (χ1n) is 5.22. The lowest BCUT2D eigenvalue weighted by Gasteiger charge is -2.30. The van der Waals surface area contributed by atoms with Crippen molar-refractivity contribution in [1.82, 2.24) is 9.55 Å². The standard InChI is InChI=1S/C10H18N4O3/c1-5(15)10(2,3)13-6-7(11)14(4)9(17)12-8(6)16/h5,13,15H,11H2,1-4H3,(H,12,16,17). The minimum atomic E-state index is -0.738. The van der Waals surface area contributed by atoms with Crippen molar-refractivity contribution in [3.63, 3.8) is 0 Å². The first kappa shape index (κ1) is 13.3. The fourth-order valence-electron chi connectivity index (χ4n) is 1.18. The van der Waals surface area contributed by atoms with Gasteiger partial charge >= 0.3 is 5.69 Å². The SMILES string of the molecule is CC(O)C(C)(C)Nc1c(N)n(C)c(=O)[nH]c1=O.